The number of rotatable bonds is 3. The summed E-state index contributed by atoms with van der Waals surface area (Å²) in [6, 6.07) is 7.47. The minimum Gasteiger partial charge on any atom is -0.328 e. The first kappa shape index (κ1) is 16.4. The third kappa shape index (κ3) is 2.80. The van der Waals surface area contributed by atoms with Crippen LogP contribution >= 0.6 is 15.9 Å². The zero-order valence-corrected chi connectivity index (χ0v) is 15.9. The maximum atomic E-state index is 12.9. The highest BCUT2D eigenvalue weighted by atomic mass is 79.9. The summed E-state index contributed by atoms with van der Waals surface area (Å²) >= 11 is 3.49. The molecule has 136 valence electrons. The summed E-state index contributed by atoms with van der Waals surface area (Å²) in [5.41, 5.74) is 1.80. The third-order valence-electron chi connectivity index (χ3n) is 5.28. The Balaban J connectivity index is 1.35. The van der Waals surface area contributed by atoms with Gasteiger partial charge in [0.2, 0.25) is 11.7 Å². The van der Waals surface area contributed by atoms with Gasteiger partial charge in [0.25, 0.3) is 5.91 Å². The van der Waals surface area contributed by atoms with Gasteiger partial charge in [0.05, 0.1) is 0 Å². The van der Waals surface area contributed by atoms with Crippen molar-refractivity contribution in [2.24, 2.45) is 0 Å². The number of nitrogens with zero attached hydrogens (tertiary/aromatic N) is 4. The number of halogens is 1. The molecule has 3 aromatic rings. The van der Waals surface area contributed by atoms with Crippen molar-refractivity contribution in [2.45, 2.75) is 18.3 Å². The Morgan fingerprint density at radius 2 is 2.11 bits per heavy atom. The molecule has 0 bridgehead atoms. The van der Waals surface area contributed by atoms with E-state index in [9.17, 15) is 9.59 Å². The number of amides is 2. The van der Waals surface area contributed by atoms with Gasteiger partial charge in [-0.15, -0.1) is 0 Å². The molecule has 7 nitrogen and oxygen atoms in total. The van der Waals surface area contributed by atoms with Crippen LogP contribution in [0.15, 0.2) is 47.3 Å². The molecule has 1 aliphatic carbocycles. The quantitative estimate of drug-likeness (QED) is 0.699. The Labute approximate surface area is 163 Å². The second-order valence-electron chi connectivity index (χ2n) is 7.13. The first-order chi connectivity index (χ1) is 13.0. The third-order valence-corrected chi connectivity index (χ3v) is 5.77. The minimum atomic E-state index is -0.261. The summed E-state index contributed by atoms with van der Waals surface area (Å²) in [6.07, 6.45) is 7.29. The largest absolute Gasteiger partial charge is 0.328 e. The van der Waals surface area contributed by atoms with Gasteiger partial charge in [-0.1, -0.05) is 15.9 Å². The van der Waals surface area contributed by atoms with Crippen LogP contribution in [0.5, 0.6) is 0 Å². The number of nitrogens with one attached hydrogen (secondary N) is 1. The van der Waals surface area contributed by atoms with Crippen LogP contribution in [0, 0.1) is 0 Å². The van der Waals surface area contributed by atoms with Crippen molar-refractivity contribution in [3.8, 4) is 0 Å². The van der Waals surface area contributed by atoms with E-state index in [2.05, 4.69) is 31.2 Å². The number of carbonyl (C=O) groups excluding carboxylic acids is 2. The topological polar surface area (TPSA) is 79.6 Å². The Kier molecular flexibility index (Phi) is 3.58. The zero-order chi connectivity index (χ0) is 18.6. The number of anilines is 1. The van der Waals surface area contributed by atoms with E-state index in [-0.39, 0.29) is 23.8 Å². The van der Waals surface area contributed by atoms with Crippen LogP contribution < -0.4 is 5.32 Å². The molecule has 1 aliphatic heterocycles. The molecule has 2 aromatic heterocycles. The van der Waals surface area contributed by atoms with E-state index >= 15 is 0 Å². The van der Waals surface area contributed by atoms with Gasteiger partial charge in [-0.25, -0.2) is 4.98 Å². The van der Waals surface area contributed by atoms with E-state index in [1.54, 1.807) is 34.0 Å². The highest BCUT2D eigenvalue weighted by molar-refractivity contribution is 9.10. The van der Waals surface area contributed by atoms with Crippen LogP contribution in [0.1, 0.15) is 28.8 Å². The van der Waals surface area contributed by atoms with Crippen LogP contribution in [-0.4, -0.2) is 44.2 Å². The lowest BCUT2D eigenvalue weighted by Gasteiger charge is -2.34. The van der Waals surface area contributed by atoms with E-state index in [0.717, 1.165) is 22.9 Å². The van der Waals surface area contributed by atoms with Gasteiger partial charge in [-0.05, 0) is 42.7 Å². The van der Waals surface area contributed by atoms with Crippen LogP contribution in [0.4, 0.5) is 5.82 Å². The molecule has 0 unspecified atom stereocenters. The molecule has 8 heteroatoms. The Morgan fingerprint density at radius 3 is 2.93 bits per heavy atom. The van der Waals surface area contributed by atoms with Crippen LogP contribution in [0.3, 0.4) is 0 Å². The molecule has 1 aromatic carbocycles. The van der Waals surface area contributed by atoms with Crippen LogP contribution in [0.25, 0.3) is 5.78 Å². The number of imidazole rings is 1. The van der Waals surface area contributed by atoms with E-state index in [0.29, 0.717) is 23.7 Å². The fourth-order valence-electron chi connectivity index (χ4n) is 3.77. The van der Waals surface area contributed by atoms with Gasteiger partial charge in [-0.2, -0.15) is 4.98 Å². The standard InChI is InChI=1S/C19H16BrN5O2/c20-12-1-2-13-14(9-12)19(4-5-19)11-25(17(13)27)10-16(26)22-15-3-7-24-8-6-21-18(24)23-15/h1-3,6-9H,4-5,10-11H2,(H,21,22,23,26). The number of hydrogen-bond donors (Lipinski definition) is 1. The SMILES string of the molecule is O=C(CN1CC2(CC2)c2cc(Br)ccc2C1=O)Nc1ccn2ccnc2n1. The van der Waals surface area contributed by atoms with Gasteiger partial charge in [-0.3, -0.25) is 14.0 Å². The van der Waals surface area contributed by atoms with Gasteiger partial charge < -0.3 is 10.2 Å². The van der Waals surface area contributed by atoms with Crippen molar-refractivity contribution >= 4 is 39.3 Å². The van der Waals surface area contributed by atoms with Gasteiger partial charge in [0.15, 0.2) is 0 Å². The average molecular weight is 426 g/mol. The maximum Gasteiger partial charge on any atom is 0.254 e. The normalized spacial score (nSPS) is 17.2. The molecule has 2 aliphatic rings. The molecule has 1 fully saturated rings. The van der Waals surface area contributed by atoms with Crippen molar-refractivity contribution in [1.29, 1.82) is 0 Å². The smallest absolute Gasteiger partial charge is 0.254 e. The highest BCUT2D eigenvalue weighted by Gasteiger charge is 2.51. The molecule has 2 amide bonds. The molecule has 3 heterocycles. The lowest BCUT2D eigenvalue weighted by Crippen LogP contribution is -2.46. The first-order valence-corrected chi connectivity index (χ1v) is 9.52. The summed E-state index contributed by atoms with van der Waals surface area (Å²) in [7, 11) is 0. The van der Waals surface area contributed by atoms with Gasteiger partial charge in [0.1, 0.15) is 12.4 Å². The van der Waals surface area contributed by atoms with Crippen molar-refractivity contribution in [3.05, 3.63) is 58.5 Å². The highest BCUT2D eigenvalue weighted by Crippen LogP contribution is 2.52. The summed E-state index contributed by atoms with van der Waals surface area (Å²) in [4.78, 5) is 35.4. The van der Waals surface area contributed by atoms with E-state index in [1.807, 2.05) is 18.2 Å². The van der Waals surface area contributed by atoms with Gasteiger partial charge in [0, 0.05) is 40.6 Å². The van der Waals surface area contributed by atoms with E-state index in [4.69, 9.17) is 0 Å². The Bertz CT molecular complexity index is 1090. The van der Waals surface area contributed by atoms with Crippen molar-refractivity contribution in [3.63, 3.8) is 0 Å². The summed E-state index contributed by atoms with van der Waals surface area (Å²) in [5.74, 6) is 0.580. The second kappa shape index (κ2) is 5.88. The Hall–Kier alpha value is -2.74. The number of fused-ring (bicyclic) bond motifs is 3. The molecular weight excluding hydrogens is 410 g/mol. The van der Waals surface area contributed by atoms with Crippen LogP contribution in [-0.2, 0) is 10.2 Å². The summed E-state index contributed by atoms with van der Waals surface area (Å²) in [6.45, 7) is 0.590. The van der Waals surface area contributed by atoms with Gasteiger partial charge >= 0.3 is 0 Å². The van der Waals surface area contributed by atoms with E-state index < -0.39 is 0 Å². The van der Waals surface area contributed by atoms with Crippen LogP contribution in [0.2, 0.25) is 0 Å². The van der Waals surface area contributed by atoms with E-state index in [1.165, 1.54) is 0 Å². The second-order valence-corrected chi connectivity index (χ2v) is 8.04. The molecule has 0 atom stereocenters. The summed E-state index contributed by atoms with van der Waals surface area (Å²) < 4.78 is 2.74. The minimum absolute atomic E-state index is 0.000310. The maximum absolute atomic E-state index is 12.9. The van der Waals surface area contributed by atoms with Crippen molar-refractivity contribution in [1.82, 2.24) is 19.3 Å². The molecule has 27 heavy (non-hydrogen) atoms. The van der Waals surface area contributed by atoms with Crippen molar-refractivity contribution in [2.75, 3.05) is 18.4 Å². The fourth-order valence-corrected chi connectivity index (χ4v) is 4.13. The lowest BCUT2D eigenvalue weighted by atomic mass is 9.86. The number of aromatic nitrogens is 3. The molecule has 1 saturated carbocycles. The lowest BCUT2D eigenvalue weighted by molar-refractivity contribution is -0.117. The molecule has 5 rings (SSSR count). The summed E-state index contributed by atoms with van der Waals surface area (Å²) in [5, 5.41) is 2.77. The Morgan fingerprint density at radius 1 is 1.26 bits per heavy atom. The monoisotopic (exact) mass is 425 g/mol. The molecule has 0 saturated heterocycles. The average Bonchev–Trinajstić information content (AvgIpc) is 3.26. The zero-order valence-electron chi connectivity index (χ0n) is 14.4. The predicted octanol–water partition coefficient (Wildman–Crippen LogP) is 2.62. The van der Waals surface area contributed by atoms with Crippen molar-refractivity contribution < 1.29 is 9.59 Å². The molecule has 1 N–H and O–H groups in total. The molecule has 0 radical (unpaired) electrons. The number of hydrogen-bond acceptors (Lipinski definition) is 4. The fraction of sp³-hybridized carbons (Fsp3) is 0.263. The number of benzene rings is 1. The first-order valence-electron chi connectivity index (χ1n) is 8.73. The number of carbonyl (C=O) groups is 2. The predicted molar refractivity (Wildman–Crippen MR) is 103 cm³/mol. The molecule has 1 spiro atoms. The molecular formula is C19H16BrN5O2.